The molecule has 6 nitrogen and oxygen atoms in total. The predicted molar refractivity (Wildman–Crippen MR) is 140 cm³/mol. The van der Waals surface area contributed by atoms with Crippen LogP contribution < -0.4 is 10.5 Å². The molecule has 0 bridgehead atoms. The molecule has 1 aromatic rings. The molecule has 1 aliphatic carbocycles. The van der Waals surface area contributed by atoms with Crippen LogP contribution in [0.15, 0.2) is 36.4 Å². The van der Waals surface area contributed by atoms with Crippen molar-refractivity contribution >= 4 is 17.4 Å². The SMILES string of the molecule is CC(C)(F)CN1CCC(COc2ccc(C3=CC(F)C(C(=O)N4CCCCC4C(N)=O)C=C3)c(F)c2)CC1. The lowest BCUT2D eigenvalue weighted by Crippen LogP contribution is -2.53. The quantitative estimate of drug-likeness (QED) is 0.536. The van der Waals surface area contributed by atoms with E-state index in [-0.39, 0.29) is 5.56 Å². The summed E-state index contributed by atoms with van der Waals surface area (Å²) >= 11 is 0. The molecule has 3 aliphatic rings. The molecule has 2 saturated heterocycles. The molecule has 1 aromatic carbocycles. The molecule has 9 heteroatoms. The van der Waals surface area contributed by atoms with Gasteiger partial charge in [-0.15, -0.1) is 0 Å². The first kappa shape index (κ1) is 28.2. The summed E-state index contributed by atoms with van der Waals surface area (Å²) in [6, 6.07) is 3.78. The second kappa shape index (κ2) is 11.9. The zero-order valence-electron chi connectivity index (χ0n) is 22.2. The molecule has 4 rings (SSSR count). The third kappa shape index (κ3) is 6.98. The van der Waals surface area contributed by atoms with Crippen LogP contribution in [0, 0.1) is 17.7 Å². The van der Waals surface area contributed by atoms with Crippen molar-refractivity contribution in [2.45, 2.75) is 63.8 Å². The van der Waals surface area contributed by atoms with Gasteiger partial charge in [0.1, 0.15) is 29.4 Å². The Labute approximate surface area is 222 Å². The van der Waals surface area contributed by atoms with E-state index in [9.17, 15) is 18.4 Å². The lowest BCUT2D eigenvalue weighted by atomic mass is 9.89. The van der Waals surface area contributed by atoms with Gasteiger partial charge in [-0.25, -0.2) is 13.2 Å². The van der Waals surface area contributed by atoms with Crippen LogP contribution >= 0.6 is 0 Å². The molecule has 2 fully saturated rings. The average molecular weight is 534 g/mol. The second-order valence-electron chi connectivity index (χ2n) is 11.3. The number of hydrogen-bond acceptors (Lipinski definition) is 4. The molecule has 3 unspecified atom stereocenters. The minimum absolute atomic E-state index is 0.220. The van der Waals surface area contributed by atoms with E-state index in [4.69, 9.17) is 10.5 Å². The highest BCUT2D eigenvalue weighted by Gasteiger charge is 2.37. The summed E-state index contributed by atoms with van der Waals surface area (Å²) in [4.78, 5) is 28.3. The Morgan fingerprint density at radius 1 is 1.13 bits per heavy atom. The molecule has 2 aliphatic heterocycles. The number of carbonyl (C=O) groups excluding carboxylic acids is 2. The van der Waals surface area contributed by atoms with E-state index >= 15 is 4.39 Å². The van der Waals surface area contributed by atoms with Crippen LogP contribution in [-0.2, 0) is 9.59 Å². The molecular formula is C29H38F3N3O3. The maximum absolute atomic E-state index is 15.1. The normalized spacial score (nSPS) is 25.2. The monoisotopic (exact) mass is 533 g/mol. The summed E-state index contributed by atoms with van der Waals surface area (Å²) in [5.74, 6) is -1.97. The van der Waals surface area contributed by atoms with E-state index in [1.807, 2.05) is 0 Å². The Morgan fingerprint density at radius 2 is 1.87 bits per heavy atom. The Balaban J connectivity index is 1.33. The number of rotatable bonds is 8. The lowest BCUT2D eigenvalue weighted by molar-refractivity contribution is -0.144. The standard InChI is InChI=1S/C29H38F3N3O3/c1-29(2,32)18-34-13-10-19(11-14-34)17-38-21-7-9-22(25(31)16-21)20-6-8-23(24(30)15-20)28(37)35-12-4-3-5-26(35)27(33)36/h6-9,15-16,19,23-24,26H,3-5,10-14,17-18H2,1-2H3,(H2,33,36). The number of carbonyl (C=O) groups is 2. The van der Waals surface area contributed by atoms with Crippen molar-refractivity contribution in [3.8, 4) is 5.75 Å². The smallest absolute Gasteiger partial charge is 0.240 e. The van der Waals surface area contributed by atoms with Crippen molar-refractivity contribution in [2.75, 3.05) is 32.8 Å². The fourth-order valence-corrected chi connectivity index (χ4v) is 5.60. The number of likely N-dealkylation sites (tertiary alicyclic amines) is 2. The molecule has 208 valence electrons. The fraction of sp³-hybridized carbons (Fsp3) is 0.586. The summed E-state index contributed by atoms with van der Waals surface area (Å²) < 4.78 is 49.8. The highest BCUT2D eigenvalue weighted by molar-refractivity contribution is 5.90. The largest absolute Gasteiger partial charge is 0.493 e. The molecule has 3 atom stereocenters. The third-order valence-electron chi connectivity index (χ3n) is 7.61. The maximum atomic E-state index is 15.1. The number of benzene rings is 1. The Hall–Kier alpha value is -2.81. The molecule has 2 N–H and O–H groups in total. The Bertz CT molecular complexity index is 1080. The van der Waals surface area contributed by atoms with Gasteiger partial charge in [0, 0.05) is 24.7 Å². The molecule has 2 heterocycles. The van der Waals surface area contributed by atoms with E-state index in [1.165, 1.54) is 23.1 Å². The molecule has 2 amide bonds. The summed E-state index contributed by atoms with van der Waals surface area (Å²) in [5, 5.41) is 0. The number of allylic oxidation sites excluding steroid dienone is 3. The fourth-order valence-electron chi connectivity index (χ4n) is 5.60. The van der Waals surface area contributed by atoms with Gasteiger partial charge in [-0.1, -0.05) is 12.2 Å². The highest BCUT2D eigenvalue weighted by Crippen LogP contribution is 2.32. The minimum Gasteiger partial charge on any atom is -0.493 e. The van der Waals surface area contributed by atoms with Gasteiger partial charge < -0.3 is 20.3 Å². The average Bonchev–Trinajstić information content (AvgIpc) is 2.87. The number of ether oxygens (including phenoxy) is 1. The van der Waals surface area contributed by atoms with E-state index in [0.717, 1.165) is 38.8 Å². The first-order valence-electron chi connectivity index (χ1n) is 13.5. The zero-order chi connectivity index (χ0) is 27.4. The van der Waals surface area contributed by atoms with E-state index in [1.54, 1.807) is 32.1 Å². The molecule has 0 radical (unpaired) electrons. The number of piperidine rings is 2. The van der Waals surface area contributed by atoms with Gasteiger partial charge >= 0.3 is 0 Å². The van der Waals surface area contributed by atoms with Crippen LogP contribution in [0.25, 0.3) is 5.57 Å². The minimum atomic E-state index is -1.65. The number of alkyl halides is 2. The van der Waals surface area contributed by atoms with Gasteiger partial charge in [0.2, 0.25) is 11.8 Å². The van der Waals surface area contributed by atoms with Gasteiger partial charge in [-0.3, -0.25) is 9.59 Å². The van der Waals surface area contributed by atoms with Crippen molar-refractivity contribution in [1.29, 1.82) is 0 Å². The van der Waals surface area contributed by atoms with Crippen molar-refractivity contribution in [2.24, 2.45) is 17.6 Å². The maximum Gasteiger partial charge on any atom is 0.240 e. The molecule has 0 saturated carbocycles. The van der Waals surface area contributed by atoms with E-state index in [0.29, 0.717) is 43.4 Å². The second-order valence-corrected chi connectivity index (χ2v) is 11.3. The molecular weight excluding hydrogens is 495 g/mol. The Kier molecular flexibility index (Phi) is 8.85. The Morgan fingerprint density at radius 3 is 2.50 bits per heavy atom. The number of hydrogen-bond donors (Lipinski definition) is 1. The summed E-state index contributed by atoms with van der Waals surface area (Å²) in [6.07, 6.45) is 6.37. The first-order valence-corrected chi connectivity index (χ1v) is 13.5. The van der Waals surface area contributed by atoms with Crippen molar-refractivity contribution in [1.82, 2.24) is 9.80 Å². The molecule has 0 spiro atoms. The predicted octanol–water partition coefficient (Wildman–Crippen LogP) is 4.44. The van der Waals surface area contributed by atoms with Crippen LogP contribution in [0.4, 0.5) is 13.2 Å². The van der Waals surface area contributed by atoms with Gasteiger partial charge in [0.15, 0.2) is 0 Å². The summed E-state index contributed by atoms with van der Waals surface area (Å²) in [6.45, 7) is 6.02. The van der Waals surface area contributed by atoms with Crippen LogP contribution in [0.3, 0.4) is 0 Å². The van der Waals surface area contributed by atoms with Crippen LogP contribution in [0.2, 0.25) is 0 Å². The van der Waals surface area contributed by atoms with Crippen molar-refractivity contribution in [3.05, 3.63) is 47.8 Å². The van der Waals surface area contributed by atoms with E-state index < -0.39 is 41.4 Å². The number of nitrogens with two attached hydrogens (primary N) is 1. The van der Waals surface area contributed by atoms with Crippen LogP contribution in [-0.4, -0.2) is 72.3 Å². The zero-order valence-corrected chi connectivity index (χ0v) is 22.2. The van der Waals surface area contributed by atoms with Crippen molar-refractivity contribution in [3.63, 3.8) is 0 Å². The van der Waals surface area contributed by atoms with Gasteiger partial charge in [0.25, 0.3) is 0 Å². The number of primary amides is 1. The summed E-state index contributed by atoms with van der Waals surface area (Å²) in [5.41, 5.74) is 4.80. The number of halogens is 3. The van der Waals surface area contributed by atoms with Crippen LogP contribution in [0.5, 0.6) is 5.75 Å². The topological polar surface area (TPSA) is 75.9 Å². The number of nitrogens with zero attached hydrogens (tertiary/aromatic N) is 2. The first-order chi connectivity index (χ1) is 18.0. The third-order valence-corrected chi connectivity index (χ3v) is 7.61. The van der Waals surface area contributed by atoms with Crippen LogP contribution in [0.1, 0.15) is 51.5 Å². The number of amides is 2. The van der Waals surface area contributed by atoms with Gasteiger partial charge in [-0.2, -0.15) is 0 Å². The highest BCUT2D eigenvalue weighted by atomic mass is 19.1. The van der Waals surface area contributed by atoms with Gasteiger partial charge in [0.05, 0.1) is 12.5 Å². The molecule has 38 heavy (non-hydrogen) atoms. The van der Waals surface area contributed by atoms with Gasteiger partial charge in [-0.05, 0) is 88.7 Å². The summed E-state index contributed by atoms with van der Waals surface area (Å²) in [7, 11) is 0. The lowest BCUT2D eigenvalue weighted by Gasteiger charge is -2.36. The van der Waals surface area contributed by atoms with E-state index in [2.05, 4.69) is 4.90 Å². The molecule has 0 aromatic heterocycles. The van der Waals surface area contributed by atoms with Crippen molar-refractivity contribution < 1.29 is 27.5 Å².